The smallest absolute Gasteiger partial charge is 0.228 e. The Bertz CT molecular complexity index is 964. The molecule has 0 atom stereocenters. The fraction of sp³-hybridized carbons (Fsp3) is 0.300. The van der Waals surface area contributed by atoms with E-state index in [2.05, 4.69) is 0 Å². The molecule has 0 spiro atoms. The summed E-state index contributed by atoms with van der Waals surface area (Å²) in [7, 11) is 1.62. The van der Waals surface area contributed by atoms with E-state index in [4.69, 9.17) is 32.9 Å². The Labute approximate surface area is 168 Å². The first kappa shape index (κ1) is 19.5. The third-order valence-corrected chi connectivity index (χ3v) is 5.02. The summed E-state index contributed by atoms with van der Waals surface area (Å²) in [6, 6.07) is 9.22. The second-order valence-corrected chi connectivity index (χ2v) is 6.92. The van der Waals surface area contributed by atoms with Gasteiger partial charge in [0, 0.05) is 24.8 Å². The largest absolute Gasteiger partial charge is 0.497 e. The number of rotatable bonds is 6. The van der Waals surface area contributed by atoms with Gasteiger partial charge < -0.3 is 14.0 Å². The van der Waals surface area contributed by atoms with Gasteiger partial charge in [0.15, 0.2) is 5.65 Å². The number of nitrogens with zero attached hydrogens (tertiary/aromatic N) is 3. The molecule has 5 nitrogen and oxygen atoms in total. The third kappa shape index (κ3) is 3.89. The van der Waals surface area contributed by atoms with Gasteiger partial charge in [-0.3, -0.25) is 4.79 Å². The number of amides is 1. The normalized spacial score (nSPS) is 11.0. The Morgan fingerprint density at radius 3 is 2.44 bits per heavy atom. The van der Waals surface area contributed by atoms with Gasteiger partial charge in [-0.25, -0.2) is 4.98 Å². The van der Waals surface area contributed by atoms with E-state index >= 15 is 0 Å². The second kappa shape index (κ2) is 8.19. The number of fused-ring (bicyclic) bond motifs is 1. The molecular formula is C20H21Cl2N3O2. The highest BCUT2D eigenvalue weighted by Gasteiger charge is 2.21. The lowest BCUT2D eigenvalue weighted by atomic mass is 10.1. The standard InChI is InChI=1S/C20H21Cl2N3O2/c1-4-24(5-2)18(26)11-17-19(13-6-8-15(27-3)9-7-13)23-20-16(22)10-14(21)12-25(17)20/h6-10,12H,4-5,11H2,1-3H3. The van der Waals surface area contributed by atoms with Crippen molar-refractivity contribution >= 4 is 34.8 Å². The monoisotopic (exact) mass is 405 g/mol. The maximum Gasteiger partial charge on any atom is 0.228 e. The van der Waals surface area contributed by atoms with Gasteiger partial charge in [0.25, 0.3) is 0 Å². The molecule has 142 valence electrons. The van der Waals surface area contributed by atoms with E-state index in [1.165, 1.54) is 0 Å². The van der Waals surface area contributed by atoms with Crippen molar-refractivity contribution in [3.63, 3.8) is 0 Å². The average Bonchev–Trinajstić information content (AvgIpc) is 3.01. The van der Waals surface area contributed by atoms with E-state index in [0.29, 0.717) is 34.5 Å². The van der Waals surface area contributed by atoms with Gasteiger partial charge in [0.2, 0.25) is 5.91 Å². The molecule has 1 amide bonds. The first-order valence-electron chi connectivity index (χ1n) is 8.76. The molecule has 2 aromatic heterocycles. The van der Waals surface area contributed by atoms with Crippen LogP contribution in [-0.4, -0.2) is 40.4 Å². The Morgan fingerprint density at radius 1 is 1.19 bits per heavy atom. The number of halogens is 2. The highest BCUT2D eigenvalue weighted by Crippen LogP contribution is 2.31. The number of benzene rings is 1. The van der Waals surface area contributed by atoms with E-state index in [9.17, 15) is 4.79 Å². The highest BCUT2D eigenvalue weighted by atomic mass is 35.5. The number of imidazole rings is 1. The molecule has 0 N–H and O–H groups in total. The van der Waals surface area contributed by atoms with Crippen LogP contribution >= 0.6 is 23.2 Å². The van der Waals surface area contributed by atoms with Crippen LogP contribution in [0.25, 0.3) is 16.9 Å². The van der Waals surface area contributed by atoms with E-state index in [1.54, 1.807) is 24.3 Å². The summed E-state index contributed by atoms with van der Waals surface area (Å²) >= 11 is 12.6. The fourth-order valence-electron chi connectivity index (χ4n) is 3.10. The topological polar surface area (TPSA) is 46.8 Å². The first-order valence-corrected chi connectivity index (χ1v) is 9.52. The van der Waals surface area contributed by atoms with E-state index < -0.39 is 0 Å². The number of pyridine rings is 1. The number of carbonyl (C=O) groups excluding carboxylic acids is 1. The Morgan fingerprint density at radius 2 is 1.85 bits per heavy atom. The molecule has 0 saturated heterocycles. The van der Waals surface area contributed by atoms with Crippen LogP contribution in [-0.2, 0) is 11.2 Å². The molecule has 0 saturated carbocycles. The van der Waals surface area contributed by atoms with Crippen molar-refractivity contribution in [1.82, 2.24) is 14.3 Å². The van der Waals surface area contributed by atoms with Crippen molar-refractivity contribution < 1.29 is 9.53 Å². The van der Waals surface area contributed by atoms with Crippen molar-refractivity contribution in [2.45, 2.75) is 20.3 Å². The zero-order chi connectivity index (χ0) is 19.6. The van der Waals surface area contributed by atoms with Gasteiger partial charge in [-0.1, -0.05) is 23.2 Å². The molecule has 0 aliphatic rings. The summed E-state index contributed by atoms with van der Waals surface area (Å²) < 4.78 is 7.04. The summed E-state index contributed by atoms with van der Waals surface area (Å²) in [5.41, 5.74) is 2.93. The van der Waals surface area contributed by atoms with Crippen LogP contribution in [0.4, 0.5) is 0 Å². The van der Waals surface area contributed by atoms with Crippen LogP contribution in [0.15, 0.2) is 36.5 Å². The maximum atomic E-state index is 12.8. The Hall–Kier alpha value is -2.24. The van der Waals surface area contributed by atoms with E-state index in [0.717, 1.165) is 17.0 Å². The number of methoxy groups -OCH3 is 1. The van der Waals surface area contributed by atoms with Gasteiger partial charge in [0.05, 0.1) is 35.0 Å². The van der Waals surface area contributed by atoms with Crippen molar-refractivity contribution in [2.24, 2.45) is 0 Å². The molecule has 7 heteroatoms. The van der Waals surface area contributed by atoms with Gasteiger partial charge in [0.1, 0.15) is 5.75 Å². The number of likely N-dealkylation sites (N-methyl/N-ethyl adjacent to an activating group) is 1. The number of hydrogen-bond donors (Lipinski definition) is 0. The first-order chi connectivity index (χ1) is 13.0. The van der Waals surface area contributed by atoms with Crippen LogP contribution in [0.5, 0.6) is 5.75 Å². The predicted molar refractivity (Wildman–Crippen MR) is 109 cm³/mol. The third-order valence-electron chi connectivity index (χ3n) is 4.54. The molecule has 0 bridgehead atoms. The van der Waals surface area contributed by atoms with Crippen molar-refractivity contribution in [2.75, 3.05) is 20.2 Å². The lowest BCUT2D eigenvalue weighted by Crippen LogP contribution is -2.32. The van der Waals surface area contributed by atoms with Crippen molar-refractivity contribution in [3.05, 3.63) is 52.3 Å². The molecule has 0 unspecified atom stereocenters. The average molecular weight is 406 g/mol. The summed E-state index contributed by atoms with van der Waals surface area (Å²) in [6.45, 7) is 5.25. The van der Waals surface area contributed by atoms with Crippen LogP contribution in [0.2, 0.25) is 10.0 Å². The Balaban J connectivity index is 2.16. The van der Waals surface area contributed by atoms with Gasteiger partial charge in [-0.15, -0.1) is 0 Å². The quantitative estimate of drug-likeness (QED) is 0.595. The molecule has 0 radical (unpaired) electrons. The lowest BCUT2D eigenvalue weighted by molar-refractivity contribution is -0.130. The summed E-state index contributed by atoms with van der Waals surface area (Å²) in [4.78, 5) is 19.3. The molecule has 3 rings (SSSR count). The van der Waals surface area contributed by atoms with Gasteiger partial charge in [-0.2, -0.15) is 0 Å². The van der Waals surface area contributed by atoms with Crippen LogP contribution < -0.4 is 4.74 Å². The number of aromatic nitrogens is 2. The molecular weight excluding hydrogens is 385 g/mol. The highest BCUT2D eigenvalue weighted by molar-refractivity contribution is 6.36. The summed E-state index contributed by atoms with van der Waals surface area (Å²) in [5.74, 6) is 0.789. The second-order valence-electron chi connectivity index (χ2n) is 6.08. The van der Waals surface area contributed by atoms with Crippen molar-refractivity contribution in [3.8, 4) is 17.0 Å². The predicted octanol–water partition coefficient (Wildman–Crippen LogP) is 4.73. The van der Waals surface area contributed by atoms with Crippen molar-refractivity contribution in [1.29, 1.82) is 0 Å². The minimum absolute atomic E-state index is 0.0349. The van der Waals surface area contributed by atoms with Crippen LogP contribution in [0.1, 0.15) is 19.5 Å². The number of hydrogen-bond acceptors (Lipinski definition) is 3. The van der Waals surface area contributed by atoms with E-state index in [1.807, 2.05) is 42.5 Å². The van der Waals surface area contributed by atoms with Crippen LogP contribution in [0.3, 0.4) is 0 Å². The number of ether oxygens (including phenoxy) is 1. The summed E-state index contributed by atoms with van der Waals surface area (Å²) in [5, 5.41) is 0.932. The van der Waals surface area contributed by atoms with E-state index in [-0.39, 0.29) is 12.3 Å². The molecule has 3 aromatic rings. The molecule has 0 aliphatic heterocycles. The summed E-state index contributed by atoms with van der Waals surface area (Å²) in [6.07, 6.45) is 1.95. The van der Waals surface area contributed by atoms with Gasteiger partial charge >= 0.3 is 0 Å². The minimum atomic E-state index is 0.0349. The number of carbonyl (C=O) groups is 1. The molecule has 1 aromatic carbocycles. The Kier molecular flexibility index (Phi) is 5.92. The molecule has 0 aliphatic carbocycles. The SMILES string of the molecule is CCN(CC)C(=O)Cc1c(-c2ccc(OC)cc2)nc2c(Cl)cc(Cl)cn12. The fourth-order valence-corrected chi connectivity index (χ4v) is 3.61. The maximum absolute atomic E-state index is 12.8. The lowest BCUT2D eigenvalue weighted by Gasteiger charge is -2.19. The minimum Gasteiger partial charge on any atom is -0.497 e. The van der Waals surface area contributed by atoms with Gasteiger partial charge in [-0.05, 0) is 44.2 Å². The molecule has 27 heavy (non-hydrogen) atoms. The molecule has 0 fully saturated rings. The zero-order valence-corrected chi connectivity index (χ0v) is 17.0. The molecule has 2 heterocycles. The zero-order valence-electron chi connectivity index (χ0n) is 15.5. The van der Waals surface area contributed by atoms with Crippen LogP contribution in [0, 0.1) is 0 Å².